The summed E-state index contributed by atoms with van der Waals surface area (Å²) in [5.41, 5.74) is 15.1. The third kappa shape index (κ3) is 5.78. The Kier molecular flexibility index (Phi) is 7.04. The molecule has 33 heavy (non-hydrogen) atoms. The van der Waals surface area contributed by atoms with Crippen LogP contribution in [0.15, 0.2) is 76.9 Å². The van der Waals surface area contributed by atoms with Gasteiger partial charge in [0, 0.05) is 30.3 Å². The van der Waals surface area contributed by atoms with Crippen LogP contribution in [0.5, 0.6) is 0 Å². The predicted octanol–water partition coefficient (Wildman–Crippen LogP) is 2.37. The van der Waals surface area contributed by atoms with Crippen LogP contribution >= 0.6 is 0 Å². The molecule has 2 aromatic carbocycles. The molecule has 0 unspecified atom stereocenters. The first-order chi connectivity index (χ1) is 16.0. The third-order valence-electron chi connectivity index (χ3n) is 6.09. The monoisotopic (exact) mass is 446 g/mol. The van der Waals surface area contributed by atoms with E-state index in [2.05, 4.69) is 15.6 Å². The number of hydrogen-bond donors (Lipinski definition) is 4. The molecule has 1 saturated heterocycles. The number of allylic oxidation sites excluding steroid dienone is 1. The molecule has 2 atom stereocenters. The van der Waals surface area contributed by atoms with Gasteiger partial charge in [-0.2, -0.15) is 0 Å². The summed E-state index contributed by atoms with van der Waals surface area (Å²) >= 11 is 0. The lowest BCUT2D eigenvalue weighted by Crippen LogP contribution is -2.47. The fourth-order valence-corrected chi connectivity index (χ4v) is 4.57. The van der Waals surface area contributed by atoms with Crippen molar-refractivity contribution in [3.05, 3.63) is 77.5 Å². The second-order valence-electron chi connectivity index (χ2n) is 8.54. The number of aliphatic imine (C=N–C) groups is 1. The minimum Gasteiger partial charge on any atom is -0.402 e. The molecule has 3 amide bonds. The Hall–Kier alpha value is -3.65. The van der Waals surface area contributed by atoms with Crippen molar-refractivity contribution in [2.75, 3.05) is 19.6 Å². The average Bonchev–Trinajstić information content (AvgIpc) is 3.40. The lowest BCUT2D eigenvalue weighted by Gasteiger charge is -2.21. The predicted molar refractivity (Wildman–Crippen MR) is 129 cm³/mol. The van der Waals surface area contributed by atoms with E-state index in [1.807, 2.05) is 65.6 Å². The SMILES string of the molecule is NC(=O)CN1C[C@@H](NC(=O)NC(=Nc2ccccc2)C2=C(N)CCC2)[C@H](c2ccccc2)C1. The van der Waals surface area contributed by atoms with Gasteiger partial charge >= 0.3 is 6.03 Å². The number of amides is 3. The lowest BCUT2D eigenvalue weighted by molar-refractivity contribution is -0.118. The van der Waals surface area contributed by atoms with Gasteiger partial charge < -0.3 is 16.8 Å². The zero-order valence-corrected chi connectivity index (χ0v) is 18.5. The van der Waals surface area contributed by atoms with Crippen LogP contribution < -0.4 is 22.1 Å². The first-order valence-corrected chi connectivity index (χ1v) is 11.2. The Bertz CT molecular complexity index is 1050. The number of urea groups is 1. The van der Waals surface area contributed by atoms with Crippen LogP contribution in [0, 0.1) is 0 Å². The molecule has 0 spiro atoms. The molecule has 2 aliphatic rings. The molecule has 1 aliphatic heterocycles. The number of nitrogens with zero attached hydrogens (tertiary/aromatic N) is 2. The van der Waals surface area contributed by atoms with Gasteiger partial charge in [-0.1, -0.05) is 48.5 Å². The second-order valence-corrected chi connectivity index (χ2v) is 8.54. The van der Waals surface area contributed by atoms with E-state index in [-0.39, 0.29) is 30.4 Å². The van der Waals surface area contributed by atoms with Gasteiger partial charge in [-0.25, -0.2) is 9.79 Å². The van der Waals surface area contributed by atoms with Gasteiger partial charge in [-0.3, -0.25) is 15.0 Å². The molecule has 1 heterocycles. The van der Waals surface area contributed by atoms with E-state index in [0.29, 0.717) is 18.9 Å². The van der Waals surface area contributed by atoms with E-state index in [1.165, 1.54) is 0 Å². The maximum absolute atomic E-state index is 13.1. The van der Waals surface area contributed by atoms with Crippen molar-refractivity contribution in [1.82, 2.24) is 15.5 Å². The topological polar surface area (TPSA) is 126 Å². The normalized spacial score (nSPS) is 21.3. The number of likely N-dealkylation sites (tertiary alicyclic amines) is 1. The highest BCUT2D eigenvalue weighted by Crippen LogP contribution is 2.28. The highest BCUT2D eigenvalue weighted by atomic mass is 16.2. The molecule has 6 N–H and O–H groups in total. The lowest BCUT2D eigenvalue weighted by atomic mass is 9.94. The molecule has 0 aromatic heterocycles. The van der Waals surface area contributed by atoms with Crippen molar-refractivity contribution in [2.45, 2.75) is 31.2 Å². The summed E-state index contributed by atoms with van der Waals surface area (Å²) in [4.78, 5) is 31.2. The quantitative estimate of drug-likeness (QED) is 0.401. The van der Waals surface area contributed by atoms with Gasteiger partial charge in [0.2, 0.25) is 5.91 Å². The summed E-state index contributed by atoms with van der Waals surface area (Å²) in [6.07, 6.45) is 2.52. The molecular formula is C25H30N6O2. The Morgan fingerprint density at radius 1 is 1.00 bits per heavy atom. The molecule has 0 radical (unpaired) electrons. The smallest absolute Gasteiger partial charge is 0.320 e. The number of carbonyl (C=O) groups excluding carboxylic acids is 2. The van der Waals surface area contributed by atoms with Gasteiger partial charge in [-0.15, -0.1) is 0 Å². The molecule has 4 rings (SSSR count). The van der Waals surface area contributed by atoms with E-state index < -0.39 is 0 Å². The van der Waals surface area contributed by atoms with Crippen molar-refractivity contribution in [2.24, 2.45) is 16.5 Å². The summed E-state index contributed by atoms with van der Waals surface area (Å²) in [5, 5.41) is 6.04. The zero-order chi connectivity index (χ0) is 23.2. The third-order valence-corrected chi connectivity index (χ3v) is 6.09. The van der Waals surface area contributed by atoms with Gasteiger partial charge in [-0.05, 0) is 37.0 Å². The Labute approximate surface area is 193 Å². The molecule has 2 aromatic rings. The number of hydrogen-bond acceptors (Lipinski definition) is 5. The Morgan fingerprint density at radius 3 is 2.33 bits per heavy atom. The molecule has 1 fully saturated rings. The fraction of sp³-hybridized carbons (Fsp3) is 0.320. The van der Waals surface area contributed by atoms with Crippen molar-refractivity contribution in [3.8, 4) is 0 Å². The molecule has 8 heteroatoms. The van der Waals surface area contributed by atoms with Crippen LogP contribution in [0.25, 0.3) is 0 Å². The fourth-order valence-electron chi connectivity index (χ4n) is 4.57. The number of benzene rings is 2. The first-order valence-electron chi connectivity index (χ1n) is 11.2. The zero-order valence-electron chi connectivity index (χ0n) is 18.5. The highest BCUT2D eigenvalue weighted by molar-refractivity contribution is 6.09. The molecule has 1 aliphatic carbocycles. The first kappa shape index (κ1) is 22.5. The maximum atomic E-state index is 13.1. The maximum Gasteiger partial charge on any atom is 0.320 e. The van der Waals surface area contributed by atoms with Gasteiger partial charge in [0.25, 0.3) is 0 Å². The number of amidine groups is 1. The number of primary amides is 1. The van der Waals surface area contributed by atoms with Crippen LogP contribution in [0.1, 0.15) is 30.7 Å². The van der Waals surface area contributed by atoms with Crippen molar-refractivity contribution in [3.63, 3.8) is 0 Å². The summed E-state index contributed by atoms with van der Waals surface area (Å²) in [5.74, 6) is 0.145. The number of carbonyl (C=O) groups is 2. The van der Waals surface area contributed by atoms with E-state index in [9.17, 15) is 9.59 Å². The van der Waals surface area contributed by atoms with Crippen LogP contribution in [0.4, 0.5) is 10.5 Å². The Morgan fingerprint density at radius 2 is 1.70 bits per heavy atom. The molecule has 0 bridgehead atoms. The highest BCUT2D eigenvalue weighted by Gasteiger charge is 2.35. The summed E-state index contributed by atoms with van der Waals surface area (Å²) in [7, 11) is 0. The molecular weight excluding hydrogens is 416 g/mol. The number of para-hydroxylation sites is 1. The van der Waals surface area contributed by atoms with E-state index >= 15 is 0 Å². The van der Waals surface area contributed by atoms with Crippen LogP contribution in [0.3, 0.4) is 0 Å². The summed E-state index contributed by atoms with van der Waals surface area (Å²) in [6.45, 7) is 1.33. The van der Waals surface area contributed by atoms with Gasteiger partial charge in [0.05, 0.1) is 18.3 Å². The summed E-state index contributed by atoms with van der Waals surface area (Å²) < 4.78 is 0. The van der Waals surface area contributed by atoms with Crippen molar-refractivity contribution in [1.29, 1.82) is 0 Å². The van der Waals surface area contributed by atoms with Gasteiger partial charge in [0.15, 0.2) is 0 Å². The van der Waals surface area contributed by atoms with Crippen LogP contribution in [-0.4, -0.2) is 48.3 Å². The minimum atomic E-state index is -0.382. The van der Waals surface area contributed by atoms with Crippen molar-refractivity contribution < 1.29 is 9.59 Å². The molecule has 172 valence electrons. The number of nitrogens with one attached hydrogen (secondary N) is 2. The van der Waals surface area contributed by atoms with E-state index in [0.717, 1.165) is 41.8 Å². The van der Waals surface area contributed by atoms with Crippen LogP contribution in [-0.2, 0) is 4.79 Å². The molecule has 8 nitrogen and oxygen atoms in total. The molecule has 0 saturated carbocycles. The minimum absolute atomic E-state index is 0.0431. The van der Waals surface area contributed by atoms with E-state index in [4.69, 9.17) is 11.5 Å². The summed E-state index contributed by atoms with van der Waals surface area (Å²) in [6, 6.07) is 19.0. The number of rotatable bonds is 6. The van der Waals surface area contributed by atoms with E-state index in [1.54, 1.807) is 0 Å². The largest absolute Gasteiger partial charge is 0.402 e. The van der Waals surface area contributed by atoms with Crippen molar-refractivity contribution >= 4 is 23.5 Å². The van der Waals surface area contributed by atoms with Crippen LogP contribution in [0.2, 0.25) is 0 Å². The second kappa shape index (κ2) is 10.3. The average molecular weight is 447 g/mol. The number of nitrogens with two attached hydrogens (primary N) is 2. The Balaban J connectivity index is 1.52. The standard InChI is InChI=1S/C25H30N6O2/c26-21-13-7-12-19(21)24(28-18-10-5-2-6-11-18)30-25(33)29-22-15-31(16-23(27)32)14-20(22)17-8-3-1-4-9-17/h1-6,8-11,20,22H,7,12-16,26H2,(H2,27,32)(H2,28,29,30,33)/t20-,22+/m0/s1. The van der Waals surface area contributed by atoms with Gasteiger partial charge in [0.1, 0.15) is 5.84 Å².